The number of likely N-dealkylation sites (N-methyl/N-ethyl adjacent to an activating group) is 1. The highest BCUT2D eigenvalue weighted by Crippen LogP contribution is 2.24. The van der Waals surface area contributed by atoms with Crippen molar-refractivity contribution in [1.29, 1.82) is 0 Å². The zero-order valence-corrected chi connectivity index (χ0v) is 13.8. The highest BCUT2D eigenvalue weighted by atomic mass is 32.2. The number of hydrogen-bond acceptors (Lipinski definition) is 6. The van der Waals surface area contributed by atoms with Crippen LogP contribution in [0.1, 0.15) is 17.7 Å². The van der Waals surface area contributed by atoms with Gasteiger partial charge < -0.3 is 10.2 Å². The van der Waals surface area contributed by atoms with Crippen molar-refractivity contribution in [2.75, 3.05) is 33.2 Å². The molecular weight excluding hydrogens is 308 g/mol. The van der Waals surface area contributed by atoms with Crippen molar-refractivity contribution in [2.45, 2.75) is 29.6 Å². The second-order valence-electron chi connectivity index (χ2n) is 5.76. The number of thiophene rings is 1. The van der Waals surface area contributed by atoms with Crippen LogP contribution in [0.2, 0.25) is 0 Å². The smallest absolute Gasteiger partial charge is 0.262 e. The molecule has 2 N–H and O–H groups in total. The SMILES string of the molecule is CN1CCN(NS(=O)(=O)c2ccc(CNC3CC3)s2)CC1. The van der Waals surface area contributed by atoms with Gasteiger partial charge in [-0.05, 0) is 32.0 Å². The van der Waals surface area contributed by atoms with Crippen molar-refractivity contribution in [3.8, 4) is 0 Å². The maximum Gasteiger partial charge on any atom is 0.262 e. The van der Waals surface area contributed by atoms with Crippen LogP contribution in [0.3, 0.4) is 0 Å². The van der Waals surface area contributed by atoms with Crippen molar-refractivity contribution < 1.29 is 8.42 Å². The van der Waals surface area contributed by atoms with Gasteiger partial charge in [0.2, 0.25) is 0 Å². The zero-order valence-electron chi connectivity index (χ0n) is 12.2. The first-order valence-electron chi connectivity index (χ1n) is 7.31. The van der Waals surface area contributed by atoms with E-state index in [1.807, 2.05) is 13.1 Å². The van der Waals surface area contributed by atoms with Gasteiger partial charge in [0, 0.05) is 43.6 Å². The Morgan fingerprint density at radius 2 is 1.95 bits per heavy atom. The van der Waals surface area contributed by atoms with Gasteiger partial charge in [-0.25, -0.2) is 13.4 Å². The Bertz CT molecular complexity index is 575. The van der Waals surface area contributed by atoms with Crippen molar-refractivity contribution >= 4 is 21.4 Å². The number of hydrazine groups is 1. The molecule has 3 rings (SSSR count). The Morgan fingerprint density at radius 1 is 1.24 bits per heavy atom. The van der Waals surface area contributed by atoms with Crippen molar-refractivity contribution in [3.63, 3.8) is 0 Å². The molecular formula is C13H22N4O2S2. The molecule has 1 aliphatic heterocycles. The van der Waals surface area contributed by atoms with Crippen LogP contribution in [0.5, 0.6) is 0 Å². The molecule has 1 saturated carbocycles. The summed E-state index contributed by atoms with van der Waals surface area (Å²) in [6.07, 6.45) is 2.48. The topological polar surface area (TPSA) is 64.7 Å². The molecule has 21 heavy (non-hydrogen) atoms. The lowest BCUT2D eigenvalue weighted by atomic mass is 10.4. The van der Waals surface area contributed by atoms with Gasteiger partial charge in [-0.15, -0.1) is 16.2 Å². The van der Waals surface area contributed by atoms with E-state index < -0.39 is 10.0 Å². The van der Waals surface area contributed by atoms with E-state index in [0.29, 0.717) is 10.3 Å². The van der Waals surface area contributed by atoms with Gasteiger partial charge in [0.1, 0.15) is 4.21 Å². The molecule has 118 valence electrons. The molecule has 2 heterocycles. The number of hydrogen-bond donors (Lipinski definition) is 2. The van der Waals surface area contributed by atoms with Crippen LogP contribution >= 0.6 is 11.3 Å². The fraction of sp³-hybridized carbons (Fsp3) is 0.692. The van der Waals surface area contributed by atoms with Crippen molar-refractivity contribution in [3.05, 3.63) is 17.0 Å². The van der Waals surface area contributed by atoms with Crippen molar-refractivity contribution in [2.24, 2.45) is 0 Å². The number of nitrogens with zero attached hydrogens (tertiary/aromatic N) is 2. The molecule has 0 amide bonds. The molecule has 8 heteroatoms. The van der Waals surface area contributed by atoms with E-state index >= 15 is 0 Å². The van der Waals surface area contributed by atoms with E-state index in [1.54, 1.807) is 11.1 Å². The highest BCUT2D eigenvalue weighted by molar-refractivity contribution is 7.91. The molecule has 1 aromatic heterocycles. The van der Waals surface area contributed by atoms with Gasteiger partial charge in [-0.1, -0.05) is 0 Å². The predicted molar refractivity (Wildman–Crippen MR) is 83.6 cm³/mol. The summed E-state index contributed by atoms with van der Waals surface area (Å²) in [5, 5.41) is 5.19. The number of nitrogens with one attached hydrogen (secondary N) is 2. The molecule has 1 saturated heterocycles. The molecule has 0 bridgehead atoms. The molecule has 0 unspecified atom stereocenters. The van der Waals surface area contributed by atoms with Gasteiger partial charge in [0.15, 0.2) is 0 Å². The second-order valence-corrected chi connectivity index (χ2v) is 8.82. The van der Waals surface area contributed by atoms with E-state index in [4.69, 9.17) is 0 Å². The average Bonchev–Trinajstić information content (AvgIpc) is 3.15. The summed E-state index contributed by atoms with van der Waals surface area (Å²) in [7, 11) is -1.39. The van der Waals surface area contributed by atoms with Gasteiger partial charge in [0.25, 0.3) is 10.0 Å². The first-order valence-corrected chi connectivity index (χ1v) is 9.61. The lowest BCUT2D eigenvalue weighted by Crippen LogP contribution is -2.52. The maximum atomic E-state index is 12.4. The largest absolute Gasteiger partial charge is 0.309 e. The van der Waals surface area contributed by atoms with Gasteiger partial charge in [-0.3, -0.25) is 0 Å². The third-order valence-electron chi connectivity index (χ3n) is 3.80. The lowest BCUT2D eigenvalue weighted by molar-refractivity contribution is 0.135. The van der Waals surface area contributed by atoms with Crippen LogP contribution in [0.4, 0.5) is 0 Å². The molecule has 2 fully saturated rings. The standard InChI is InChI=1S/C13H22N4O2S2/c1-16-6-8-17(9-7-16)15-21(18,19)13-5-4-12(20-13)10-14-11-2-3-11/h4-5,11,14-15H,2-3,6-10H2,1H3. The predicted octanol–water partition coefficient (Wildman–Crippen LogP) is 0.441. The second kappa shape index (κ2) is 6.31. The molecule has 1 aliphatic carbocycles. The average molecular weight is 330 g/mol. The maximum absolute atomic E-state index is 12.4. The van der Waals surface area contributed by atoms with Crippen LogP contribution in [0.25, 0.3) is 0 Å². The van der Waals surface area contributed by atoms with Crippen LogP contribution in [-0.4, -0.2) is 57.6 Å². The van der Waals surface area contributed by atoms with Crippen LogP contribution in [0.15, 0.2) is 16.3 Å². The Labute approximate surface area is 130 Å². The minimum atomic E-state index is -3.43. The van der Waals surface area contributed by atoms with Crippen LogP contribution in [0, 0.1) is 0 Å². The Balaban J connectivity index is 1.58. The van der Waals surface area contributed by atoms with E-state index in [9.17, 15) is 8.42 Å². The van der Waals surface area contributed by atoms with Crippen LogP contribution < -0.4 is 10.1 Å². The zero-order chi connectivity index (χ0) is 14.9. The van der Waals surface area contributed by atoms with Gasteiger partial charge >= 0.3 is 0 Å². The summed E-state index contributed by atoms with van der Waals surface area (Å²) >= 11 is 1.35. The summed E-state index contributed by atoms with van der Waals surface area (Å²) < 4.78 is 25.1. The summed E-state index contributed by atoms with van der Waals surface area (Å²) in [5.41, 5.74) is 0. The van der Waals surface area contributed by atoms with Crippen molar-refractivity contribution in [1.82, 2.24) is 20.1 Å². The molecule has 2 aliphatic rings. The lowest BCUT2D eigenvalue weighted by Gasteiger charge is -2.31. The monoisotopic (exact) mass is 330 g/mol. The third kappa shape index (κ3) is 4.24. The number of rotatable bonds is 6. The first-order chi connectivity index (χ1) is 10.0. The molecule has 0 atom stereocenters. The minimum absolute atomic E-state index is 0.397. The van der Waals surface area contributed by atoms with E-state index in [2.05, 4.69) is 15.0 Å². The number of piperazine rings is 1. The molecule has 0 radical (unpaired) electrons. The van der Waals surface area contributed by atoms with Crippen LogP contribution in [-0.2, 0) is 16.6 Å². The Morgan fingerprint density at radius 3 is 2.62 bits per heavy atom. The fourth-order valence-corrected chi connectivity index (χ4v) is 4.66. The summed E-state index contributed by atoms with van der Waals surface area (Å²) in [6.45, 7) is 3.96. The molecule has 1 aromatic rings. The minimum Gasteiger partial charge on any atom is -0.309 e. The van der Waals surface area contributed by atoms with Gasteiger partial charge in [-0.2, -0.15) is 0 Å². The van der Waals surface area contributed by atoms with E-state index in [1.165, 1.54) is 24.2 Å². The van der Waals surface area contributed by atoms with E-state index in [0.717, 1.165) is 37.6 Å². The Kier molecular flexibility index (Phi) is 4.63. The highest BCUT2D eigenvalue weighted by Gasteiger charge is 2.24. The molecule has 0 aromatic carbocycles. The fourth-order valence-electron chi connectivity index (χ4n) is 2.24. The summed E-state index contributed by atoms with van der Waals surface area (Å²) in [6, 6.07) is 4.24. The summed E-state index contributed by atoms with van der Waals surface area (Å²) in [5.74, 6) is 0. The normalized spacial score (nSPS) is 21.8. The summed E-state index contributed by atoms with van der Waals surface area (Å²) in [4.78, 5) is 5.95. The third-order valence-corrected chi connectivity index (χ3v) is 6.75. The van der Waals surface area contributed by atoms with Gasteiger partial charge in [0.05, 0.1) is 0 Å². The first kappa shape index (κ1) is 15.4. The van der Waals surface area contributed by atoms with E-state index in [-0.39, 0.29) is 0 Å². The molecule has 6 nitrogen and oxygen atoms in total. The Hall–Kier alpha value is -0.510. The quantitative estimate of drug-likeness (QED) is 0.792. The number of sulfonamides is 1. The molecule has 0 spiro atoms.